The van der Waals surface area contributed by atoms with Crippen LogP contribution in [0, 0.1) is 0 Å². The molecule has 0 N–H and O–H groups in total. The summed E-state index contributed by atoms with van der Waals surface area (Å²) in [6.45, 7) is 1.39. The van der Waals surface area contributed by atoms with Crippen molar-refractivity contribution >= 4 is 17.6 Å². The summed E-state index contributed by atoms with van der Waals surface area (Å²) in [7, 11) is 2.93. The highest BCUT2D eigenvalue weighted by atomic mass is 35.5. The first-order valence-corrected chi connectivity index (χ1v) is 8.89. The molecule has 0 unspecified atom stereocenters. The summed E-state index contributed by atoms with van der Waals surface area (Å²) in [4.78, 5) is 26.3. The lowest BCUT2D eigenvalue weighted by Gasteiger charge is -2.25. The van der Waals surface area contributed by atoms with Crippen LogP contribution in [0.15, 0.2) is 24.3 Å². The molecule has 1 saturated heterocycles. The van der Waals surface area contributed by atoms with Crippen molar-refractivity contribution < 1.29 is 23.8 Å². The van der Waals surface area contributed by atoms with Gasteiger partial charge in [-0.1, -0.05) is 24.1 Å². The molecule has 2 aromatic rings. The fraction of sp³-hybridized carbons (Fsp3) is 0.389. The number of hydrogen-bond donors (Lipinski definition) is 0. The fourth-order valence-electron chi connectivity index (χ4n) is 2.64. The molecule has 27 heavy (non-hydrogen) atoms. The second kappa shape index (κ2) is 8.88. The van der Waals surface area contributed by atoms with Gasteiger partial charge in [0.1, 0.15) is 11.3 Å². The number of carbonyl (C=O) groups excluding carboxylic acids is 1. The number of halogens is 1. The van der Waals surface area contributed by atoms with Gasteiger partial charge in [-0.05, 0) is 25.0 Å². The minimum absolute atomic E-state index is 0.0412. The van der Waals surface area contributed by atoms with Crippen LogP contribution in [0.25, 0.3) is 0 Å². The molecule has 0 aliphatic carbocycles. The van der Waals surface area contributed by atoms with E-state index in [1.54, 1.807) is 23.3 Å². The van der Waals surface area contributed by atoms with Crippen LogP contribution in [0.5, 0.6) is 23.5 Å². The summed E-state index contributed by atoms with van der Waals surface area (Å²) in [5.74, 6) is 0.111. The zero-order chi connectivity index (χ0) is 19.2. The standard InChI is InChI=1S/C18H20ClN3O5/c1-24-14-11-15(25-2)21-18(20-14)26-13-8-6-7-12(19)16(13)17(23)27-22-9-4-3-5-10-22/h6-8,11H,3-5,9-10H2,1-2H3. The molecule has 0 atom stereocenters. The molecule has 0 saturated carbocycles. The molecule has 1 aliphatic rings. The van der Waals surface area contributed by atoms with E-state index in [9.17, 15) is 4.79 Å². The highest BCUT2D eigenvalue weighted by Crippen LogP contribution is 2.31. The summed E-state index contributed by atoms with van der Waals surface area (Å²) in [5, 5.41) is 1.86. The smallest absolute Gasteiger partial charge is 0.362 e. The Morgan fingerprint density at radius 1 is 1.07 bits per heavy atom. The molecule has 144 valence electrons. The summed E-state index contributed by atoms with van der Waals surface area (Å²) >= 11 is 6.24. The monoisotopic (exact) mass is 393 g/mol. The number of aromatic nitrogens is 2. The van der Waals surface area contributed by atoms with Crippen molar-refractivity contribution in [2.45, 2.75) is 19.3 Å². The molecule has 8 nitrogen and oxygen atoms in total. The van der Waals surface area contributed by atoms with E-state index in [0.29, 0.717) is 13.1 Å². The molecule has 9 heteroatoms. The molecule has 0 bridgehead atoms. The van der Waals surface area contributed by atoms with Gasteiger partial charge in [0.2, 0.25) is 11.8 Å². The molecular weight excluding hydrogens is 374 g/mol. The average molecular weight is 394 g/mol. The van der Waals surface area contributed by atoms with Crippen LogP contribution in [0.3, 0.4) is 0 Å². The number of ether oxygens (including phenoxy) is 3. The lowest BCUT2D eigenvalue weighted by atomic mass is 10.2. The highest BCUT2D eigenvalue weighted by Gasteiger charge is 2.23. The molecular formula is C18H20ClN3O5. The van der Waals surface area contributed by atoms with Crippen molar-refractivity contribution in [3.8, 4) is 23.5 Å². The number of hydrogen-bond acceptors (Lipinski definition) is 8. The zero-order valence-electron chi connectivity index (χ0n) is 15.1. The fourth-order valence-corrected chi connectivity index (χ4v) is 2.89. The normalized spacial score (nSPS) is 14.5. The number of nitrogens with zero attached hydrogens (tertiary/aromatic N) is 3. The van der Waals surface area contributed by atoms with E-state index in [1.165, 1.54) is 20.3 Å². The van der Waals surface area contributed by atoms with Gasteiger partial charge in [0, 0.05) is 13.1 Å². The van der Waals surface area contributed by atoms with Crippen molar-refractivity contribution in [3.05, 3.63) is 34.9 Å². The van der Waals surface area contributed by atoms with E-state index < -0.39 is 5.97 Å². The topological polar surface area (TPSA) is 83.0 Å². The highest BCUT2D eigenvalue weighted by molar-refractivity contribution is 6.34. The maximum atomic E-state index is 12.7. The largest absolute Gasteiger partial charge is 0.481 e. The molecule has 0 amide bonds. The Balaban J connectivity index is 1.86. The number of piperidine rings is 1. The van der Waals surface area contributed by atoms with E-state index in [0.717, 1.165) is 19.3 Å². The van der Waals surface area contributed by atoms with Crippen molar-refractivity contribution in [3.63, 3.8) is 0 Å². The zero-order valence-corrected chi connectivity index (χ0v) is 15.9. The predicted octanol–water partition coefficient (Wildman–Crippen LogP) is 3.50. The van der Waals surface area contributed by atoms with Crippen LogP contribution in [0.2, 0.25) is 5.02 Å². The van der Waals surface area contributed by atoms with Gasteiger partial charge in [-0.2, -0.15) is 9.97 Å². The van der Waals surface area contributed by atoms with Gasteiger partial charge >= 0.3 is 12.0 Å². The van der Waals surface area contributed by atoms with Gasteiger partial charge in [0.25, 0.3) is 0 Å². The first kappa shape index (κ1) is 19.2. The van der Waals surface area contributed by atoms with Crippen LogP contribution < -0.4 is 14.2 Å². The Labute approximate surface area is 161 Å². The van der Waals surface area contributed by atoms with Crippen molar-refractivity contribution in [1.82, 2.24) is 15.0 Å². The third-order valence-corrected chi connectivity index (χ3v) is 4.30. The molecule has 3 rings (SSSR count). The third kappa shape index (κ3) is 4.78. The van der Waals surface area contributed by atoms with E-state index in [4.69, 9.17) is 30.6 Å². The van der Waals surface area contributed by atoms with Crippen LogP contribution in [-0.4, -0.2) is 48.3 Å². The molecule has 1 aromatic heterocycles. The van der Waals surface area contributed by atoms with Gasteiger partial charge in [0.05, 0.1) is 25.3 Å². The number of rotatable bonds is 6. The quantitative estimate of drug-likeness (QED) is 0.737. The van der Waals surface area contributed by atoms with Crippen molar-refractivity contribution in [2.75, 3.05) is 27.3 Å². The Bertz CT molecular complexity index is 789. The van der Waals surface area contributed by atoms with Gasteiger partial charge in [-0.15, -0.1) is 5.06 Å². The number of carbonyl (C=O) groups is 1. The number of benzene rings is 1. The van der Waals surface area contributed by atoms with E-state index >= 15 is 0 Å². The van der Waals surface area contributed by atoms with E-state index in [1.807, 2.05) is 0 Å². The number of methoxy groups -OCH3 is 2. The third-order valence-electron chi connectivity index (χ3n) is 3.98. The Kier molecular flexibility index (Phi) is 6.31. The van der Waals surface area contributed by atoms with Crippen LogP contribution >= 0.6 is 11.6 Å². The first-order valence-electron chi connectivity index (χ1n) is 8.51. The molecule has 0 radical (unpaired) electrons. The SMILES string of the molecule is COc1cc(OC)nc(Oc2cccc(Cl)c2C(=O)ON2CCCCC2)n1. The summed E-state index contributed by atoms with van der Waals surface area (Å²) in [5.41, 5.74) is 0.107. The van der Waals surface area contributed by atoms with Crippen LogP contribution in [0.4, 0.5) is 0 Å². The summed E-state index contributed by atoms with van der Waals surface area (Å²) in [6.07, 6.45) is 3.09. The van der Waals surface area contributed by atoms with E-state index in [2.05, 4.69) is 9.97 Å². The van der Waals surface area contributed by atoms with Crippen molar-refractivity contribution in [1.29, 1.82) is 0 Å². The summed E-state index contributed by atoms with van der Waals surface area (Å²) in [6, 6.07) is 6.31. The lowest BCUT2D eigenvalue weighted by Crippen LogP contribution is -2.32. The van der Waals surface area contributed by atoms with Gasteiger partial charge in [-0.3, -0.25) is 0 Å². The number of hydroxylamine groups is 2. The minimum atomic E-state index is -0.590. The van der Waals surface area contributed by atoms with Crippen molar-refractivity contribution in [2.24, 2.45) is 0 Å². The Hall–Kier alpha value is -2.58. The average Bonchev–Trinajstić information content (AvgIpc) is 2.68. The maximum Gasteiger partial charge on any atom is 0.362 e. The second-order valence-corrected chi connectivity index (χ2v) is 6.23. The van der Waals surface area contributed by atoms with Gasteiger partial charge < -0.3 is 19.0 Å². The Morgan fingerprint density at radius 3 is 2.37 bits per heavy atom. The van der Waals surface area contributed by atoms with Gasteiger partial charge in [0.15, 0.2) is 0 Å². The molecule has 1 aromatic carbocycles. The molecule has 0 spiro atoms. The molecule has 1 aliphatic heterocycles. The van der Waals surface area contributed by atoms with Gasteiger partial charge in [-0.25, -0.2) is 4.79 Å². The summed E-state index contributed by atoms with van der Waals surface area (Å²) < 4.78 is 15.9. The predicted molar refractivity (Wildman–Crippen MR) is 97.5 cm³/mol. The van der Waals surface area contributed by atoms with Crippen LogP contribution in [-0.2, 0) is 4.84 Å². The molecule has 2 heterocycles. The molecule has 1 fully saturated rings. The Morgan fingerprint density at radius 2 is 1.74 bits per heavy atom. The first-order chi connectivity index (χ1) is 13.1. The maximum absolute atomic E-state index is 12.7. The second-order valence-electron chi connectivity index (χ2n) is 5.82. The van der Waals surface area contributed by atoms with E-state index in [-0.39, 0.29) is 34.1 Å². The lowest BCUT2D eigenvalue weighted by molar-refractivity contribution is -0.119. The minimum Gasteiger partial charge on any atom is -0.481 e. The van der Waals surface area contributed by atoms with Crippen LogP contribution in [0.1, 0.15) is 29.6 Å².